The van der Waals surface area contributed by atoms with Gasteiger partial charge in [0.2, 0.25) is 5.91 Å². The van der Waals surface area contributed by atoms with Gasteiger partial charge in [0.1, 0.15) is 0 Å². The predicted molar refractivity (Wildman–Crippen MR) is 122 cm³/mol. The number of carbonyl (C=O) groups excluding carboxylic acids is 1. The van der Waals surface area contributed by atoms with Crippen molar-refractivity contribution >= 4 is 11.9 Å². The topological polar surface area (TPSA) is 60.9 Å². The first-order chi connectivity index (χ1) is 16.0. The van der Waals surface area contributed by atoms with Gasteiger partial charge in [-0.05, 0) is 80.2 Å². The van der Waals surface area contributed by atoms with E-state index in [0.29, 0.717) is 18.5 Å². The normalized spacial score (nSPS) is 28.2. The molecule has 5 nitrogen and oxygen atoms in total. The van der Waals surface area contributed by atoms with Crippen LogP contribution in [0, 0.1) is 17.3 Å². The number of carboxylic acids is 1. The van der Waals surface area contributed by atoms with Crippen molar-refractivity contribution in [2.75, 3.05) is 19.6 Å². The molecule has 0 aromatic heterocycles. The van der Waals surface area contributed by atoms with Crippen molar-refractivity contribution in [3.8, 4) is 0 Å². The van der Waals surface area contributed by atoms with Crippen LogP contribution in [0.15, 0.2) is 18.2 Å². The highest BCUT2D eigenvalue weighted by Gasteiger charge is 2.51. The van der Waals surface area contributed by atoms with Crippen molar-refractivity contribution in [1.29, 1.82) is 0 Å². The van der Waals surface area contributed by atoms with E-state index in [1.807, 2.05) is 0 Å². The number of hydrogen-bond acceptors (Lipinski definition) is 3. The van der Waals surface area contributed by atoms with Gasteiger partial charge in [-0.15, -0.1) is 0 Å². The van der Waals surface area contributed by atoms with Crippen molar-refractivity contribution in [1.82, 2.24) is 9.80 Å². The second kappa shape index (κ2) is 9.51. The predicted octanol–water partition coefficient (Wildman–Crippen LogP) is 4.97. The van der Waals surface area contributed by atoms with Crippen LogP contribution >= 0.6 is 0 Å². The fourth-order valence-electron chi connectivity index (χ4n) is 6.39. The minimum atomic E-state index is -4.40. The molecule has 2 aliphatic heterocycles. The third-order valence-corrected chi connectivity index (χ3v) is 8.42. The summed E-state index contributed by atoms with van der Waals surface area (Å²) in [4.78, 5) is 29.2. The summed E-state index contributed by atoms with van der Waals surface area (Å²) in [6, 6.07) is 4.12. The molecule has 1 N–H and O–H groups in total. The number of halogens is 3. The molecule has 1 aromatic rings. The molecule has 1 aliphatic carbocycles. The molecule has 3 aliphatic rings. The molecule has 1 saturated heterocycles. The van der Waals surface area contributed by atoms with Crippen LogP contribution in [0.5, 0.6) is 0 Å². The number of fused-ring (bicyclic) bond motifs is 1. The number of likely N-dealkylation sites (tertiary alicyclic amines) is 1. The highest BCUT2D eigenvalue weighted by atomic mass is 19.4. The van der Waals surface area contributed by atoms with Crippen LogP contribution in [-0.4, -0.2) is 52.5 Å². The first kappa shape index (κ1) is 25.0. The van der Waals surface area contributed by atoms with E-state index in [9.17, 15) is 27.9 Å². The standard InChI is InChI=1S/C26H35F3N2O3/c1-17(2)25(9-7-22(14-25)30-10-3-4-18(15-30)12-23(32)33)24(34)31-11-8-19-5-6-21(26(27,28)29)13-20(19)16-31/h5-6,13,17-18,22H,3-4,7-12,14-16H2,1-2H3,(H,32,33). The molecule has 188 valence electrons. The molecule has 2 fully saturated rings. The molecule has 3 atom stereocenters. The number of aliphatic carboxylic acids is 1. The second-order valence-electron chi connectivity index (χ2n) is 10.8. The molecule has 2 heterocycles. The van der Waals surface area contributed by atoms with E-state index in [-0.39, 0.29) is 36.8 Å². The van der Waals surface area contributed by atoms with Gasteiger partial charge in [-0.25, -0.2) is 0 Å². The monoisotopic (exact) mass is 480 g/mol. The van der Waals surface area contributed by atoms with Crippen molar-refractivity contribution < 1.29 is 27.9 Å². The fraction of sp³-hybridized carbons (Fsp3) is 0.692. The van der Waals surface area contributed by atoms with Crippen molar-refractivity contribution in [2.24, 2.45) is 17.3 Å². The number of rotatable bonds is 5. The zero-order chi connectivity index (χ0) is 24.7. The lowest BCUT2D eigenvalue weighted by atomic mass is 9.73. The van der Waals surface area contributed by atoms with Crippen molar-refractivity contribution in [2.45, 2.75) is 77.6 Å². The van der Waals surface area contributed by atoms with Crippen LogP contribution in [0.2, 0.25) is 0 Å². The summed E-state index contributed by atoms with van der Waals surface area (Å²) < 4.78 is 39.7. The Labute approximate surface area is 199 Å². The molecule has 0 radical (unpaired) electrons. The minimum Gasteiger partial charge on any atom is -0.481 e. The largest absolute Gasteiger partial charge is 0.481 e. The lowest BCUT2D eigenvalue weighted by Gasteiger charge is -2.41. The average Bonchev–Trinajstić information content (AvgIpc) is 3.24. The number of hydrogen-bond donors (Lipinski definition) is 1. The summed E-state index contributed by atoms with van der Waals surface area (Å²) >= 11 is 0. The maximum absolute atomic E-state index is 13.9. The Morgan fingerprint density at radius 3 is 2.62 bits per heavy atom. The van der Waals surface area contributed by atoms with Gasteiger partial charge in [0.05, 0.1) is 11.0 Å². The van der Waals surface area contributed by atoms with Crippen LogP contribution in [0.3, 0.4) is 0 Å². The van der Waals surface area contributed by atoms with Gasteiger partial charge >= 0.3 is 12.1 Å². The molecule has 1 aromatic carbocycles. The minimum absolute atomic E-state index is 0.0622. The highest BCUT2D eigenvalue weighted by molar-refractivity contribution is 5.84. The van der Waals surface area contributed by atoms with Crippen LogP contribution in [0.25, 0.3) is 0 Å². The molecule has 34 heavy (non-hydrogen) atoms. The molecule has 0 spiro atoms. The smallest absolute Gasteiger partial charge is 0.416 e. The summed E-state index contributed by atoms with van der Waals surface area (Å²) in [5, 5.41) is 9.19. The quantitative estimate of drug-likeness (QED) is 0.646. The second-order valence-corrected chi connectivity index (χ2v) is 10.8. The Bertz CT molecular complexity index is 932. The third-order valence-electron chi connectivity index (χ3n) is 8.42. The van der Waals surface area contributed by atoms with Gasteiger partial charge in [0, 0.05) is 32.1 Å². The summed E-state index contributed by atoms with van der Waals surface area (Å²) in [6.07, 6.45) is 0.649. The Balaban J connectivity index is 1.49. The van der Waals surface area contributed by atoms with E-state index in [0.717, 1.165) is 56.8 Å². The maximum atomic E-state index is 13.9. The van der Waals surface area contributed by atoms with Gasteiger partial charge < -0.3 is 14.9 Å². The molecule has 4 rings (SSSR count). The number of alkyl halides is 3. The van der Waals surface area contributed by atoms with Crippen molar-refractivity contribution in [3.05, 3.63) is 34.9 Å². The Hall–Kier alpha value is -2.09. The number of nitrogens with zero attached hydrogens (tertiary/aromatic N) is 2. The number of carbonyl (C=O) groups is 2. The summed E-state index contributed by atoms with van der Waals surface area (Å²) in [7, 11) is 0. The summed E-state index contributed by atoms with van der Waals surface area (Å²) in [5.74, 6) is -0.430. The molecule has 1 amide bonds. The average molecular weight is 481 g/mol. The summed E-state index contributed by atoms with van der Waals surface area (Å²) in [5.41, 5.74) is 0.290. The van der Waals surface area contributed by atoms with E-state index in [1.165, 1.54) is 6.07 Å². The van der Waals surface area contributed by atoms with Gasteiger partial charge in [-0.2, -0.15) is 13.2 Å². The zero-order valence-corrected chi connectivity index (χ0v) is 20.0. The Morgan fingerprint density at radius 1 is 1.18 bits per heavy atom. The molecule has 1 saturated carbocycles. The van der Waals surface area contributed by atoms with Gasteiger partial charge in [0.15, 0.2) is 0 Å². The maximum Gasteiger partial charge on any atom is 0.416 e. The zero-order valence-electron chi connectivity index (χ0n) is 20.0. The van der Waals surface area contributed by atoms with Crippen LogP contribution in [0.4, 0.5) is 13.2 Å². The van der Waals surface area contributed by atoms with E-state index in [1.54, 1.807) is 11.0 Å². The van der Waals surface area contributed by atoms with E-state index in [2.05, 4.69) is 18.7 Å². The van der Waals surface area contributed by atoms with Crippen molar-refractivity contribution in [3.63, 3.8) is 0 Å². The summed E-state index contributed by atoms with van der Waals surface area (Å²) in [6.45, 7) is 6.59. The number of benzene rings is 1. The Kier molecular flexibility index (Phi) is 7.00. The lowest BCUT2D eigenvalue weighted by Crippen LogP contribution is -2.49. The highest BCUT2D eigenvalue weighted by Crippen LogP contribution is 2.48. The van der Waals surface area contributed by atoms with Gasteiger partial charge in [0.25, 0.3) is 0 Å². The van der Waals surface area contributed by atoms with E-state index < -0.39 is 23.1 Å². The van der Waals surface area contributed by atoms with E-state index >= 15 is 0 Å². The SMILES string of the molecule is CC(C)C1(C(=O)N2CCc3ccc(C(F)(F)F)cc3C2)CCC(N2CCCC(CC(=O)O)C2)C1. The molecule has 8 heteroatoms. The van der Waals surface area contributed by atoms with Crippen LogP contribution < -0.4 is 0 Å². The van der Waals surface area contributed by atoms with Crippen LogP contribution in [-0.2, 0) is 28.7 Å². The number of amides is 1. The van der Waals surface area contributed by atoms with Gasteiger partial charge in [-0.3, -0.25) is 9.59 Å². The number of piperidine rings is 1. The van der Waals surface area contributed by atoms with Gasteiger partial charge in [-0.1, -0.05) is 19.9 Å². The molecular formula is C26H35F3N2O3. The Morgan fingerprint density at radius 2 is 1.94 bits per heavy atom. The fourth-order valence-corrected chi connectivity index (χ4v) is 6.39. The first-order valence-corrected chi connectivity index (χ1v) is 12.4. The van der Waals surface area contributed by atoms with Crippen LogP contribution in [0.1, 0.15) is 69.1 Å². The molecule has 3 unspecified atom stereocenters. The number of carboxylic acid groups (broad SMARTS) is 1. The lowest BCUT2D eigenvalue weighted by molar-refractivity contribution is -0.146. The third kappa shape index (κ3) is 4.97. The molecular weight excluding hydrogens is 445 g/mol. The molecule has 0 bridgehead atoms. The van der Waals surface area contributed by atoms with E-state index in [4.69, 9.17) is 0 Å². The first-order valence-electron chi connectivity index (χ1n) is 12.4.